The van der Waals surface area contributed by atoms with Crippen LogP contribution in [0, 0.1) is 0 Å². The number of aromatic nitrogens is 2. The van der Waals surface area contributed by atoms with Crippen LogP contribution in [0.5, 0.6) is 0 Å². The predicted molar refractivity (Wildman–Crippen MR) is 77.6 cm³/mol. The monoisotopic (exact) mass is 283 g/mol. The van der Waals surface area contributed by atoms with Crippen molar-refractivity contribution in [1.82, 2.24) is 15.0 Å². The van der Waals surface area contributed by atoms with Crippen LogP contribution >= 0.6 is 0 Å². The lowest BCUT2D eigenvalue weighted by molar-refractivity contribution is -0.176. The molecule has 5 heteroatoms. The average molecular weight is 283 g/mol. The molecule has 0 bridgehead atoms. The third-order valence-electron chi connectivity index (χ3n) is 3.68. The van der Waals surface area contributed by atoms with Crippen molar-refractivity contribution in [3.63, 3.8) is 0 Å². The first-order valence-corrected chi connectivity index (χ1v) is 7.05. The SMILES string of the molecule is CCC1c2nc[nH]c2CC(=C=O)N1OCc1ccccc1. The quantitative estimate of drug-likeness (QED) is 0.876. The number of nitrogens with one attached hydrogen (secondary N) is 1. The highest BCUT2D eigenvalue weighted by Gasteiger charge is 2.32. The van der Waals surface area contributed by atoms with Crippen molar-refractivity contribution >= 4 is 5.94 Å². The Morgan fingerprint density at radius 1 is 1.43 bits per heavy atom. The lowest BCUT2D eigenvalue weighted by Crippen LogP contribution is -2.34. The normalized spacial score (nSPS) is 17.5. The van der Waals surface area contributed by atoms with Gasteiger partial charge < -0.3 is 4.98 Å². The Hall–Kier alpha value is -2.36. The molecule has 0 saturated carbocycles. The number of carbonyl (C=O) groups excluding carboxylic acids is 1. The van der Waals surface area contributed by atoms with Crippen molar-refractivity contribution in [3.8, 4) is 0 Å². The molecule has 1 aliphatic rings. The molecule has 3 rings (SSSR count). The van der Waals surface area contributed by atoms with Gasteiger partial charge in [0.1, 0.15) is 17.7 Å². The first kappa shape index (κ1) is 13.6. The zero-order valence-electron chi connectivity index (χ0n) is 11.9. The molecular weight excluding hydrogens is 266 g/mol. The number of imidazole rings is 1. The number of benzene rings is 1. The molecule has 1 atom stereocenters. The molecule has 2 heterocycles. The van der Waals surface area contributed by atoms with Gasteiger partial charge in [-0.2, -0.15) is 0 Å². The van der Waals surface area contributed by atoms with E-state index >= 15 is 0 Å². The predicted octanol–water partition coefficient (Wildman–Crippen LogP) is 2.57. The van der Waals surface area contributed by atoms with Crippen molar-refractivity contribution in [2.75, 3.05) is 0 Å². The standard InChI is InChI=1S/C16H17N3O2/c1-2-15-16-14(17-11-18-16)8-13(9-20)19(15)21-10-12-6-4-3-5-7-12/h3-7,11,15H,2,8,10H2,1H3,(H,17,18). The van der Waals surface area contributed by atoms with E-state index in [1.807, 2.05) is 36.3 Å². The Morgan fingerprint density at radius 2 is 2.24 bits per heavy atom. The van der Waals surface area contributed by atoms with Crippen LogP contribution in [0.1, 0.15) is 36.3 Å². The number of H-pyrrole nitrogens is 1. The van der Waals surface area contributed by atoms with Gasteiger partial charge >= 0.3 is 0 Å². The fraction of sp³-hybridized carbons (Fsp3) is 0.312. The second-order valence-electron chi connectivity index (χ2n) is 5.00. The van der Waals surface area contributed by atoms with Gasteiger partial charge in [0.15, 0.2) is 0 Å². The summed E-state index contributed by atoms with van der Waals surface area (Å²) in [6.07, 6.45) is 2.94. The molecule has 2 aromatic rings. The topological polar surface area (TPSA) is 58.2 Å². The Kier molecular flexibility index (Phi) is 3.86. The molecule has 0 spiro atoms. The van der Waals surface area contributed by atoms with E-state index in [1.54, 1.807) is 11.4 Å². The summed E-state index contributed by atoms with van der Waals surface area (Å²) in [5, 5.41) is 1.67. The molecule has 1 aliphatic heterocycles. The van der Waals surface area contributed by atoms with Crippen LogP contribution in [0.2, 0.25) is 0 Å². The largest absolute Gasteiger partial charge is 0.348 e. The number of allylic oxidation sites excluding steroid dienone is 1. The second-order valence-corrected chi connectivity index (χ2v) is 5.00. The van der Waals surface area contributed by atoms with Crippen LogP contribution in [0.3, 0.4) is 0 Å². The van der Waals surface area contributed by atoms with Gasteiger partial charge in [-0.05, 0) is 12.0 Å². The Balaban J connectivity index is 1.83. The smallest absolute Gasteiger partial charge is 0.148 e. The van der Waals surface area contributed by atoms with Crippen LogP contribution in [-0.2, 0) is 22.7 Å². The number of nitrogens with zero attached hydrogens (tertiary/aromatic N) is 2. The molecule has 0 aliphatic carbocycles. The summed E-state index contributed by atoms with van der Waals surface area (Å²) in [6.45, 7) is 2.47. The molecule has 0 fully saturated rings. The lowest BCUT2D eigenvalue weighted by atomic mass is 10.0. The molecule has 1 aromatic carbocycles. The number of hydrogen-bond donors (Lipinski definition) is 1. The van der Waals surface area contributed by atoms with Crippen molar-refractivity contribution in [3.05, 3.63) is 59.3 Å². The van der Waals surface area contributed by atoms with E-state index in [-0.39, 0.29) is 6.04 Å². The van der Waals surface area contributed by atoms with Crippen molar-refractivity contribution in [2.24, 2.45) is 0 Å². The fourth-order valence-electron chi connectivity index (χ4n) is 2.63. The summed E-state index contributed by atoms with van der Waals surface area (Å²) in [7, 11) is 0. The van der Waals surface area contributed by atoms with Gasteiger partial charge in [-0.15, -0.1) is 0 Å². The van der Waals surface area contributed by atoms with E-state index in [0.717, 1.165) is 23.4 Å². The van der Waals surface area contributed by atoms with Gasteiger partial charge in [0.05, 0.1) is 18.6 Å². The van der Waals surface area contributed by atoms with Crippen LogP contribution < -0.4 is 0 Å². The average Bonchev–Trinajstić information content (AvgIpc) is 3.00. The van der Waals surface area contributed by atoms with Gasteiger partial charge in [-0.1, -0.05) is 37.3 Å². The number of rotatable bonds is 4. The van der Waals surface area contributed by atoms with Gasteiger partial charge in [0.2, 0.25) is 0 Å². The zero-order valence-corrected chi connectivity index (χ0v) is 11.9. The third kappa shape index (κ3) is 2.61. The minimum atomic E-state index is -0.0554. The van der Waals surface area contributed by atoms with Crippen molar-refractivity contribution in [2.45, 2.75) is 32.4 Å². The lowest BCUT2D eigenvalue weighted by Gasteiger charge is -2.34. The van der Waals surface area contributed by atoms with E-state index in [9.17, 15) is 4.79 Å². The van der Waals surface area contributed by atoms with E-state index < -0.39 is 0 Å². The number of fused-ring (bicyclic) bond motifs is 1. The van der Waals surface area contributed by atoms with Gasteiger partial charge in [0.25, 0.3) is 0 Å². The number of hydrogen-bond acceptors (Lipinski definition) is 4. The fourth-order valence-corrected chi connectivity index (χ4v) is 2.63. The van der Waals surface area contributed by atoms with E-state index in [2.05, 4.69) is 16.9 Å². The summed E-state index contributed by atoms with van der Waals surface area (Å²) >= 11 is 0. The maximum absolute atomic E-state index is 11.3. The third-order valence-corrected chi connectivity index (χ3v) is 3.68. The summed E-state index contributed by atoms with van der Waals surface area (Å²) < 4.78 is 0. The van der Waals surface area contributed by atoms with Gasteiger partial charge in [0, 0.05) is 12.1 Å². The minimum absolute atomic E-state index is 0.0554. The maximum Gasteiger partial charge on any atom is 0.148 e. The highest BCUT2D eigenvalue weighted by molar-refractivity contribution is 5.54. The molecule has 5 nitrogen and oxygen atoms in total. The minimum Gasteiger partial charge on any atom is -0.348 e. The molecule has 0 radical (unpaired) electrons. The Bertz CT molecular complexity index is 659. The maximum atomic E-state index is 11.3. The van der Waals surface area contributed by atoms with Crippen molar-refractivity contribution in [1.29, 1.82) is 0 Å². The second kappa shape index (κ2) is 5.95. The molecule has 0 amide bonds. The van der Waals surface area contributed by atoms with Crippen LogP contribution in [0.15, 0.2) is 42.4 Å². The number of aromatic amines is 1. The van der Waals surface area contributed by atoms with Crippen LogP contribution in [0.4, 0.5) is 0 Å². The highest BCUT2D eigenvalue weighted by Crippen LogP contribution is 2.34. The molecule has 0 saturated heterocycles. The molecule has 1 unspecified atom stereocenters. The van der Waals surface area contributed by atoms with Gasteiger partial charge in [-0.3, -0.25) is 4.84 Å². The molecule has 1 aromatic heterocycles. The summed E-state index contributed by atoms with van der Waals surface area (Å²) in [5.74, 6) is 2.01. The summed E-state index contributed by atoms with van der Waals surface area (Å²) in [6, 6.07) is 9.83. The number of hydroxylamine groups is 2. The first-order chi connectivity index (χ1) is 10.3. The van der Waals surface area contributed by atoms with Crippen molar-refractivity contribution < 1.29 is 9.63 Å². The summed E-state index contributed by atoms with van der Waals surface area (Å²) in [5.41, 5.74) is 3.49. The van der Waals surface area contributed by atoms with Crippen LogP contribution in [0.25, 0.3) is 0 Å². The molecular formula is C16H17N3O2. The van der Waals surface area contributed by atoms with E-state index in [1.165, 1.54) is 0 Å². The zero-order chi connectivity index (χ0) is 14.7. The molecule has 21 heavy (non-hydrogen) atoms. The first-order valence-electron chi connectivity index (χ1n) is 7.05. The van der Waals surface area contributed by atoms with Gasteiger partial charge in [-0.25, -0.2) is 14.8 Å². The summed E-state index contributed by atoms with van der Waals surface area (Å²) in [4.78, 5) is 24.6. The highest BCUT2D eigenvalue weighted by atomic mass is 16.7. The molecule has 1 N–H and O–H groups in total. The Morgan fingerprint density at radius 3 is 2.95 bits per heavy atom. The van der Waals surface area contributed by atoms with E-state index in [0.29, 0.717) is 18.7 Å². The van der Waals surface area contributed by atoms with Crippen LogP contribution in [-0.4, -0.2) is 21.0 Å². The molecule has 108 valence electrons. The van der Waals surface area contributed by atoms with E-state index in [4.69, 9.17) is 4.84 Å². The Labute approximate surface area is 123 Å².